The summed E-state index contributed by atoms with van der Waals surface area (Å²) in [6.07, 6.45) is 1.85. The van der Waals surface area contributed by atoms with Crippen LogP contribution < -0.4 is 0 Å². The predicted octanol–water partition coefficient (Wildman–Crippen LogP) is 4.76. The first-order valence-corrected chi connectivity index (χ1v) is 11.5. The largest absolute Gasteiger partial charge is 0.378 e. The summed E-state index contributed by atoms with van der Waals surface area (Å²) in [7, 11) is 0. The second-order valence-electron chi connectivity index (χ2n) is 6.22. The van der Waals surface area contributed by atoms with Crippen molar-refractivity contribution in [3.63, 3.8) is 0 Å². The molecule has 0 spiro atoms. The quantitative estimate of drug-likeness (QED) is 0.394. The molecule has 28 heavy (non-hydrogen) atoms. The number of rotatable bonds is 5. The maximum Gasteiger partial charge on any atom is 0.233 e. The molecule has 1 aromatic heterocycles. The van der Waals surface area contributed by atoms with E-state index in [0.29, 0.717) is 32.1 Å². The molecule has 0 radical (unpaired) electrons. The van der Waals surface area contributed by atoms with Crippen molar-refractivity contribution < 1.29 is 9.53 Å². The molecule has 1 aliphatic rings. The van der Waals surface area contributed by atoms with Gasteiger partial charge in [0, 0.05) is 23.8 Å². The van der Waals surface area contributed by atoms with Crippen LogP contribution >= 0.6 is 39.0 Å². The molecule has 1 amide bonds. The van der Waals surface area contributed by atoms with E-state index < -0.39 is 0 Å². The highest BCUT2D eigenvalue weighted by molar-refractivity contribution is 9.10. The third-order valence-electron chi connectivity index (χ3n) is 4.27. The molecule has 144 valence electrons. The zero-order valence-corrected chi connectivity index (χ0v) is 18.2. The van der Waals surface area contributed by atoms with Crippen LogP contribution in [0.4, 0.5) is 5.69 Å². The van der Waals surface area contributed by atoms with E-state index in [1.807, 2.05) is 53.6 Å². The van der Waals surface area contributed by atoms with Crippen molar-refractivity contribution in [2.45, 2.75) is 4.34 Å². The highest BCUT2D eigenvalue weighted by Crippen LogP contribution is 2.32. The number of aromatic nitrogens is 1. The molecule has 4 rings (SSSR count). The summed E-state index contributed by atoms with van der Waals surface area (Å²) in [6.45, 7) is 2.61. The molecule has 5 nitrogen and oxygen atoms in total. The Labute approximate surface area is 179 Å². The third kappa shape index (κ3) is 5.00. The van der Waals surface area contributed by atoms with Crippen molar-refractivity contribution in [2.75, 3.05) is 32.1 Å². The number of hydrogen-bond donors (Lipinski definition) is 0. The van der Waals surface area contributed by atoms with Crippen LogP contribution in [0.3, 0.4) is 0 Å². The van der Waals surface area contributed by atoms with Crippen LogP contribution in [0.25, 0.3) is 10.2 Å². The molecule has 0 aliphatic carbocycles. The molecular formula is C20H18BrN3O2S2. The standard InChI is InChI=1S/C20H18BrN3O2S2/c21-15-3-1-14(2-4-15)12-22-16-5-6-17-18(11-16)28-20(23-17)27-13-19(25)24-7-9-26-10-8-24/h1-6,11-12H,7-10,13H2/b22-12+. The minimum atomic E-state index is 0.146. The highest BCUT2D eigenvalue weighted by Gasteiger charge is 2.17. The number of carbonyl (C=O) groups is 1. The lowest BCUT2D eigenvalue weighted by Crippen LogP contribution is -2.41. The van der Waals surface area contributed by atoms with Crippen LogP contribution in [0.1, 0.15) is 5.56 Å². The van der Waals surface area contributed by atoms with Gasteiger partial charge in [-0.05, 0) is 35.9 Å². The molecular weight excluding hydrogens is 458 g/mol. The van der Waals surface area contributed by atoms with Gasteiger partial charge in [0.2, 0.25) is 5.91 Å². The number of nitrogens with zero attached hydrogens (tertiary/aromatic N) is 3. The third-order valence-corrected chi connectivity index (χ3v) is 6.94. The van der Waals surface area contributed by atoms with Crippen molar-refractivity contribution in [3.05, 3.63) is 52.5 Å². The molecule has 1 fully saturated rings. The number of benzene rings is 2. The molecule has 0 saturated carbocycles. The van der Waals surface area contributed by atoms with Gasteiger partial charge in [-0.2, -0.15) is 0 Å². The maximum atomic E-state index is 12.3. The SMILES string of the molecule is O=C(CSc1nc2ccc(/N=C/c3ccc(Br)cc3)cc2s1)N1CCOCC1. The van der Waals surface area contributed by atoms with E-state index >= 15 is 0 Å². The second kappa shape index (κ2) is 9.17. The number of fused-ring (bicyclic) bond motifs is 1. The Morgan fingerprint density at radius 1 is 1.25 bits per heavy atom. The molecule has 2 aromatic carbocycles. The van der Waals surface area contributed by atoms with Gasteiger partial charge in [0.15, 0.2) is 4.34 Å². The van der Waals surface area contributed by atoms with Crippen LogP contribution in [-0.4, -0.2) is 54.1 Å². The number of aliphatic imine (C=N–C) groups is 1. The van der Waals surface area contributed by atoms with Gasteiger partial charge in [-0.25, -0.2) is 4.98 Å². The summed E-state index contributed by atoms with van der Waals surface area (Å²) in [5.41, 5.74) is 2.87. The van der Waals surface area contributed by atoms with Gasteiger partial charge in [-0.1, -0.05) is 39.8 Å². The summed E-state index contributed by atoms with van der Waals surface area (Å²) in [5.74, 6) is 0.557. The predicted molar refractivity (Wildman–Crippen MR) is 119 cm³/mol. The van der Waals surface area contributed by atoms with E-state index in [1.54, 1.807) is 11.3 Å². The average Bonchev–Trinajstić information content (AvgIpc) is 3.14. The summed E-state index contributed by atoms with van der Waals surface area (Å²) < 4.78 is 8.33. The molecule has 0 atom stereocenters. The monoisotopic (exact) mass is 475 g/mol. The fourth-order valence-corrected chi connectivity index (χ4v) is 5.03. The summed E-state index contributed by atoms with van der Waals surface area (Å²) in [4.78, 5) is 23.3. The topological polar surface area (TPSA) is 54.8 Å². The number of thiazole rings is 1. The Morgan fingerprint density at radius 2 is 2.04 bits per heavy atom. The van der Waals surface area contributed by atoms with Crippen LogP contribution in [0.15, 0.2) is 56.3 Å². The first-order chi connectivity index (χ1) is 13.7. The van der Waals surface area contributed by atoms with E-state index in [9.17, 15) is 4.79 Å². The van der Waals surface area contributed by atoms with Gasteiger partial charge in [0.1, 0.15) is 0 Å². The molecule has 1 saturated heterocycles. The van der Waals surface area contributed by atoms with Crippen LogP contribution in [0, 0.1) is 0 Å². The van der Waals surface area contributed by atoms with Gasteiger partial charge in [-0.3, -0.25) is 9.79 Å². The van der Waals surface area contributed by atoms with Crippen LogP contribution in [-0.2, 0) is 9.53 Å². The van der Waals surface area contributed by atoms with Gasteiger partial charge >= 0.3 is 0 Å². The number of hydrogen-bond acceptors (Lipinski definition) is 6. The Balaban J connectivity index is 1.41. The number of amides is 1. The first kappa shape index (κ1) is 19.6. The lowest BCUT2D eigenvalue weighted by Gasteiger charge is -2.26. The van der Waals surface area contributed by atoms with Gasteiger partial charge in [-0.15, -0.1) is 11.3 Å². The average molecular weight is 476 g/mol. The van der Waals surface area contributed by atoms with Gasteiger partial charge in [0.25, 0.3) is 0 Å². The number of thioether (sulfide) groups is 1. The van der Waals surface area contributed by atoms with Gasteiger partial charge < -0.3 is 9.64 Å². The molecule has 8 heteroatoms. The maximum absolute atomic E-state index is 12.3. The van der Waals surface area contributed by atoms with E-state index in [2.05, 4.69) is 25.9 Å². The summed E-state index contributed by atoms with van der Waals surface area (Å²) in [5, 5.41) is 0. The number of ether oxygens (including phenoxy) is 1. The Bertz CT molecular complexity index is 998. The summed E-state index contributed by atoms with van der Waals surface area (Å²) >= 11 is 6.53. The Hall–Kier alpha value is -1.74. The lowest BCUT2D eigenvalue weighted by atomic mass is 10.2. The molecule has 2 heterocycles. The van der Waals surface area contributed by atoms with Crippen molar-refractivity contribution >= 4 is 67.1 Å². The zero-order chi connectivity index (χ0) is 19.3. The minimum Gasteiger partial charge on any atom is -0.378 e. The first-order valence-electron chi connectivity index (χ1n) is 8.86. The Morgan fingerprint density at radius 3 is 2.82 bits per heavy atom. The van der Waals surface area contributed by atoms with Crippen molar-refractivity contribution in [1.29, 1.82) is 0 Å². The van der Waals surface area contributed by atoms with E-state index in [0.717, 1.165) is 30.3 Å². The smallest absolute Gasteiger partial charge is 0.233 e. The lowest BCUT2D eigenvalue weighted by molar-refractivity contribution is -0.132. The van der Waals surface area contributed by atoms with E-state index in [4.69, 9.17) is 4.74 Å². The number of halogens is 1. The highest BCUT2D eigenvalue weighted by atomic mass is 79.9. The molecule has 0 N–H and O–H groups in total. The number of carbonyl (C=O) groups excluding carboxylic acids is 1. The van der Waals surface area contributed by atoms with Crippen molar-refractivity contribution in [3.8, 4) is 0 Å². The Kier molecular flexibility index (Phi) is 6.41. The van der Waals surface area contributed by atoms with Crippen LogP contribution in [0.2, 0.25) is 0 Å². The minimum absolute atomic E-state index is 0.146. The zero-order valence-electron chi connectivity index (χ0n) is 15.0. The molecule has 1 aliphatic heterocycles. The van der Waals surface area contributed by atoms with Gasteiger partial charge in [0.05, 0.1) is 34.9 Å². The van der Waals surface area contributed by atoms with E-state index in [1.165, 1.54) is 11.8 Å². The number of morpholine rings is 1. The molecule has 0 bridgehead atoms. The van der Waals surface area contributed by atoms with Crippen molar-refractivity contribution in [2.24, 2.45) is 4.99 Å². The summed E-state index contributed by atoms with van der Waals surface area (Å²) in [6, 6.07) is 14.0. The molecule has 0 unspecified atom stereocenters. The van der Waals surface area contributed by atoms with Crippen molar-refractivity contribution in [1.82, 2.24) is 9.88 Å². The molecule has 3 aromatic rings. The fourth-order valence-electron chi connectivity index (χ4n) is 2.76. The fraction of sp³-hybridized carbons (Fsp3) is 0.250. The second-order valence-corrected chi connectivity index (χ2v) is 9.39. The normalized spacial score (nSPS) is 14.8. The van der Waals surface area contributed by atoms with E-state index in [-0.39, 0.29) is 5.91 Å². The van der Waals surface area contributed by atoms with Crippen LogP contribution in [0.5, 0.6) is 0 Å².